The lowest BCUT2D eigenvalue weighted by molar-refractivity contribution is 0.793. The van der Waals surface area contributed by atoms with E-state index >= 15 is 0 Å². The Kier molecular flexibility index (Phi) is 2.08. The number of hydrogen-bond donors (Lipinski definition) is 0. The van der Waals surface area contributed by atoms with Crippen LogP contribution >= 0.6 is 0 Å². The molecule has 1 aromatic carbocycles. The highest BCUT2D eigenvalue weighted by Crippen LogP contribution is 2.19. The summed E-state index contributed by atoms with van der Waals surface area (Å²) in [5.41, 5.74) is 4.87. The summed E-state index contributed by atoms with van der Waals surface area (Å²) in [6.07, 6.45) is 3.56. The van der Waals surface area contributed by atoms with Crippen LogP contribution in [0, 0.1) is 20.8 Å². The zero-order chi connectivity index (χ0) is 10.1. The first kappa shape index (κ1) is 8.94. The topological polar surface area (TPSA) is 30.7 Å². The highest BCUT2D eigenvalue weighted by molar-refractivity contribution is 5.48. The molecule has 0 unspecified atom stereocenters. The molecule has 2 rings (SSSR count). The summed E-state index contributed by atoms with van der Waals surface area (Å²) in [6, 6.07) is 4.31. The molecule has 0 amide bonds. The Balaban J connectivity index is 2.64. The van der Waals surface area contributed by atoms with Crippen molar-refractivity contribution in [2.24, 2.45) is 0 Å². The third-order valence-corrected chi connectivity index (χ3v) is 2.29. The van der Waals surface area contributed by atoms with Crippen molar-refractivity contribution in [3.05, 3.63) is 41.2 Å². The first-order chi connectivity index (χ1) is 6.68. The summed E-state index contributed by atoms with van der Waals surface area (Å²) in [5.74, 6) is 0. The van der Waals surface area contributed by atoms with Crippen LogP contribution in [0.15, 0.2) is 24.5 Å². The Labute approximate surface area is 83.4 Å². The van der Waals surface area contributed by atoms with Gasteiger partial charge in [0.05, 0.1) is 18.1 Å². The highest BCUT2D eigenvalue weighted by atomic mass is 15.4. The van der Waals surface area contributed by atoms with Gasteiger partial charge in [0, 0.05) is 0 Å². The number of rotatable bonds is 1. The van der Waals surface area contributed by atoms with Gasteiger partial charge in [-0.1, -0.05) is 22.9 Å². The molecule has 0 saturated carbocycles. The smallest absolute Gasteiger partial charge is 0.0721 e. The predicted molar refractivity (Wildman–Crippen MR) is 55.6 cm³/mol. The number of hydrogen-bond acceptors (Lipinski definition) is 2. The van der Waals surface area contributed by atoms with Crippen LogP contribution in [0.3, 0.4) is 0 Å². The molecule has 3 heteroatoms. The van der Waals surface area contributed by atoms with Crippen molar-refractivity contribution in [1.29, 1.82) is 0 Å². The van der Waals surface area contributed by atoms with Gasteiger partial charge in [0.15, 0.2) is 0 Å². The largest absolute Gasteiger partial charge is 0.220 e. The van der Waals surface area contributed by atoms with Crippen molar-refractivity contribution in [2.45, 2.75) is 20.8 Å². The third-order valence-electron chi connectivity index (χ3n) is 2.29. The predicted octanol–water partition coefficient (Wildman–Crippen LogP) is 2.19. The van der Waals surface area contributed by atoms with Gasteiger partial charge in [-0.3, -0.25) is 0 Å². The van der Waals surface area contributed by atoms with E-state index in [4.69, 9.17) is 0 Å². The molecule has 0 atom stereocenters. The van der Waals surface area contributed by atoms with Crippen LogP contribution in [0.5, 0.6) is 0 Å². The van der Waals surface area contributed by atoms with Crippen molar-refractivity contribution >= 4 is 0 Å². The van der Waals surface area contributed by atoms with Crippen LogP contribution in [0.4, 0.5) is 0 Å². The van der Waals surface area contributed by atoms with Crippen LogP contribution in [0.25, 0.3) is 5.69 Å². The van der Waals surface area contributed by atoms with E-state index in [1.165, 1.54) is 16.7 Å². The Hall–Kier alpha value is -1.64. The molecule has 0 N–H and O–H groups in total. The van der Waals surface area contributed by atoms with Gasteiger partial charge in [-0.05, 0) is 31.9 Å². The maximum absolute atomic E-state index is 4.00. The summed E-state index contributed by atoms with van der Waals surface area (Å²) < 4.78 is 1.81. The van der Waals surface area contributed by atoms with E-state index in [2.05, 4.69) is 43.2 Å². The van der Waals surface area contributed by atoms with Crippen LogP contribution in [0.1, 0.15) is 16.7 Å². The zero-order valence-electron chi connectivity index (χ0n) is 8.65. The molecule has 0 spiro atoms. The van der Waals surface area contributed by atoms with Gasteiger partial charge >= 0.3 is 0 Å². The lowest BCUT2D eigenvalue weighted by atomic mass is 10.1. The number of aryl methyl sites for hydroxylation is 3. The summed E-state index contributed by atoms with van der Waals surface area (Å²) >= 11 is 0. The minimum Gasteiger partial charge on any atom is -0.220 e. The quantitative estimate of drug-likeness (QED) is 0.685. The van der Waals surface area contributed by atoms with Gasteiger partial charge in [-0.2, -0.15) is 0 Å². The first-order valence-electron chi connectivity index (χ1n) is 4.63. The monoisotopic (exact) mass is 187 g/mol. The van der Waals surface area contributed by atoms with Crippen molar-refractivity contribution < 1.29 is 0 Å². The summed E-state index contributed by atoms with van der Waals surface area (Å²) in [7, 11) is 0. The normalized spacial score (nSPS) is 10.5. The lowest BCUT2D eigenvalue weighted by Gasteiger charge is -2.09. The van der Waals surface area contributed by atoms with E-state index < -0.39 is 0 Å². The SMILES string of the molecule is Cc1cc(C)c(-n2ccnn2)c(C)c1. The summed E-state index contributed by atoms with van der Waals surface area (Å²) in [5, 5.41) is 7.82. The molecule has 14 heavy (non-hydrogen) atoms. The molecule has 0 aliphatic carbocycles. The van der Waals surface area contributed by atoms with Crippen molar-refractivity contribution in [3.63, 3.8) is 0 Å². The van der Waals surface area contributed by atoms with Crippen molar-refractivity contribution in [3.8, 4) is 5.69 Å². The Morgan fingerprint density at radius 3 is 2.21 bits per heavy atom. The maximum Gasteiger partial charge on any atom is 0.0721 e. The lowest BCUT2D eigenvalue weighted by Crippen LogP contribution is -2.01. The Morgan fingerprint density at radius 2 is 1.71 bits per heavy atom. The van der Waals surface area contributed by atoms with Gasteiger partial charge < -0.3 is 0 Å². The fraction of sp³-hybridized carbons (Fsp3) is 0.273. The fourth-order valence-electron chi connectivity index (χ4n) is 1.86. The van der Waals surface area contributed by atoms with Crippen LogP contribution in [-0.2, 0) is 0 Å². The Morgan fingerprint density at radius 1 is 1.07 bits per heavy atom. The van der Waals surface area contributed by atoms with E-state index in [0.29, 0.717) is 0 Å². The molecule has 2 aromatic rings. The second kappa shape index (κ2) is 3.25. The molecule has 72 valence electrons. The molecule has 1 heterocycles. The molecule has 0 aliphatic rings. The maximum atomic E-state index is 4.00. The van der Waals surface area contributed by atoms with E-state index in [1.54, 1.807) is 6.20 Å². The fourth-order valence-corrected chi connectivity index (χ4v) is 1.86. The van der Waals surface area contributed by atoms with E-state index in [-0.39, 0.29) is 0 Å². The summed E-state index contributed by atoms with van der Waals surface area (Å²) in [6.45, 7) is 6.29. The molecular formula is C11H13N3. The van der Waals surface area contributed by atoms with Crippen LogP contribution < -0.4 is 0 Å². The molecule has 0 bridgehead atoms. The van der Waals surface area contributed by atoms with Gasteiger partial charge in [-0.25, -0.2) is 4.68 Å². The molecule has 0 radical (unpaired) electrons. The highest BCUT2D eigenvalue weighted by Gasteiger charge is 2.05. The molecule has 1 aromatic heterocycles. The second-order valence-electron chi connectivity index (χ2n) is 3.59. The van der Waals surface area contributed by atoms with E-state index in [0.717, 1.165) is 5.69 Å². The number of aromatic nitrogens is 3. The average Bonchev–Trinajstić information content (AvgIpc) is 2.54. The first-order valence-corrected chi connectivity index (χ1v) is 4.63. The number of nitrogens with zero attached hydrogens (tertiary/aromatic N) is 3. The average molecular weight is 187 g/mol. The molecule has 3 nitrogen and oxygen atoms in total. The number of benzene rings is 1. The second-order valence-corrected chi connectivity index (χ2v) is 3.59. The minimum absolute atomic E-state index is 1.13. The van der Waals surface area contributed by atoms with Crippen LogP contribution in [-0.4, -0.2) is 15.0 Å². The summed E-state index contributed by atoms with van der Waals surface area (Å²) in [4.78, 5) is 0. The van der Waals surface area contributed by atoms with E-state index in [9.17, 15) is 0 Å². The molecule has 0 aliphatic heterocycles. The standard InChI is InChI=1S/C11H13N3/c1-8-6-9(2)11(10(3)7-8)14-5-4-12-13-14/h4-7H,1-3H3. The minimum atomic E-state index is 1.13. The van der Waals surface area contributed by atoms with Crippen molar-refractivity contribution in [1.82, 2.24) is 15.0 Å². The van der Waals surface area contributed by atoms with Crippen molar-refractivity contribution in [2.75, 3.05) is 0 Å². The molecule has 0 saturated heterocycles. The Bertz CT molecular complexity index is 421. The zero-order valence-corrected chi connectivity index (χ0v) is 8.65. The molecule has 0 fully saturated rings. The van der Waals surface area contributed by atoms with E-state index in [1.807, 2.05) is 10.9 Å². The van der Waals surface area contributed by atoms with Gasteiger partial charge in [0.2, 0.25) is 0 Å². The van der Waals surface area contributed by atoms with Gasteiger partial charge in [-0.15, -0.1) is 5.10 Å². The van der Waals surface area contributed by atoms with Gasteiger partial charge in [0.25, 0.3) is 0 Å². The van der Waals surface area contributed by atoms with Crippen LogP contribution in [0.2, 0.25) is 0 Å². The third kappa shape index (κ3) is 1.41. The molecular weight excluding hydrogens is 174 g/mol. The van der Waals surface area contributed by atoms with Gasteiger partial charge in [0.1, 0.15) is 0 Å².